The SMILES string of the molecule is CN(C)c1cccc(C2=C(O)C(=O)CCC2)c1. The third-order valence-corrected chi connectivity index (χ3v) is 3.09. The van der Waals surface area contributed by atoms with E-state index in [1.807, 2.05) is 43.3 Å². The number of ketones is 1. The highest BCUT2D eigenvalue weighted by atomic mass is 16.3. The van der Waals surface area contributed by atoms with Crippen molar-refractivity contribution in [2.24, 2.45) is 0 Å². The van der Waals surface area contributed by atoms with Gasteiger partial charge in [-0.3, -0.25) is 4.79 Å². The average molecular weight is 231 g/mol. The average Bonchev–Trinajstić information content (AvgIpc) is 2.33. The Balaban J connectivity index is 2.43. The van der Waals surface area contributed by atoms with Crippen LogP contribution in [0.3, 0.4) is 0 Å². The van der Waals surface area contributed by atoms with Crippen LogP contribution in [0, 0.1) is 0 Å². The summed E-state index contributed by atoms with van der Waals surface area (Å²) in [5.41, 5.74) is 2.80. The first-order valence-electron chi connectivity index (χ1n) is 5.82. The minimum Gasteiger partial charge on any atom is -0.504 e. The first-order chi connectivity index (χ1) is 8.09. The van der Waals surface area contributed by atoms with Gasteiger partial charge in [0.25, 0.3) is 0 Å². The Hall–Kier alpha value is -1.77. The Morgan fingerprint density at radius 3 is 2.71 bits per heavy atom. The molecule has 0 amide bonds. The van der Waals surface area contributed by atoms with Gasteiger partial charge in [-0.1, -0.05) is 12.1 Å². The lowest BCUT2D eigenvalue weighted by Crippen LogP contribution is -2.12. The van der Waals surface area contributed by atoms with Crippen LogP contribution in [-0.4, -0.2) is 25.0 Å². The number of Topliss-reactive ketones (excluding diaryl/α,β-unsaturated/α-hetero) is 1. The Kier molecular flexibility index (Phi) is 3.18. The van der Waals surface area contributed by atoms with Gasteiger partial charge in [-0.25, -0.2) is 0 Å². The molecule has 2 rings (SSSR count). The molecule has 0 spiro atoms. The maximum atomic E-state index is 11.5. The van der Waals surface area contributed by atoms with Gasteiger partial charge in [0.1, 0.15) is 0 Å². The monoisotopic (exact) mass is 231 g/mol. The first kappa shape index (κ1) is 11.7. The fraction of sp³-hybridized carbons (Fsp3) is 0.357. The molecule has 0 unspecified atom stereocenters. The smallest absolute Gasteiger partial charge is 0.197 e. The van der Waals surface area contributed by atoms with Crippen LogP contribution in [0.5, 0.6) is 0 Å². The van der Waals surface area contributed by atoms with Gasteiger partial charge in [0.05, 0.1) is 0 Å². The molecule has 1 aliphatic carbocycles. The van der Waals surface area contributed by atoms with Crippen molar-refractivity contribution >= 4 is 17.0 Å². The molecule has 1 aliphatic rings. The molecule has 0 aliphatic heterocycles. The number of aliphatic hydroxyl groups is 1. The van der Waals surface area contributed by atoms with Gasteiger partial charge in [0.2, 0.25) is 0 Å². The molecule has 0 atom stereocenters. The molecule has 0 fully saturated rings. The molecule has 90 valence electrons. The number of carbonyl (C=O) groups is 1. The van der Waals surface area contributed by atoms with Crippen LogP contribution in [0.4, 0.5) is 5.69 Å². The number of benzene rings is 1. The summed E-state index contributed by atoms with van der Waals surface area (Å²) < 4.78 is 0. The van der Waals surface area contributed by atoms with Crippen molar-refractivity contribution in [3.8, 4) is 0 Å². The van der Waals surface area contributed by atoms with E-state index in [0.717, 1.165) is 29.7 Å². The summed E-state index contributed by atoms with van der Waals surface area (Å²) >= 11 is 0. The molecule has 17 heavy (non-hydrogen) atoms. The number of carbonyl (C=O) groups excluding carboxylic acids is 1. The summed E-state index contributed by atoms with van der Waals surface area (Å²) in [6.45, 7) is 0. The summed E-state index contributed by atoms with van der Waals surface area (Å²) in [7, 11) is 3.94. The molecular formula is C14H17NO2. The Morgan fingerprint density at radius 2 is 2.00 bits per heavy atom. The van der Waals surface area contributed by atoms with Crippen molar-refractivity contribution in [1.82, 2.24) is 0 Å². The molecular weight excluding hydrogens is 214 g/mol. The van der Waals surface area contributed by atoms with Crippen LogP contribution < -0.4 is 4.90 Å². The molecule has 0 saturated carbocycles. The van der Waals surface area contributed by atoms with E-state index >= 15 is 0 Å². The summed E-state index contributed by atoms with van der Waals surface area (Å²) in [6, 6.07) is 7.90. The van der Waals surface area contributed by atoms with Gasteiger partial charge >= 0.3 is 0 Å². The van der Waals surface area contributed by atoms with Gasteiger partial charge < -0.3 is 10.0 Å². The second-order valence-electron chi connectivity index (χ2n) is 4.55. The molecule has 3 nitrogen and oxygen atoms in total. The van der Waals surface area contributed by atoms with Crippen molar-refractivity contribution in [3.05, 3.63) is 35.6 Å². The van der Waals surface area contributed by atoms with Crippen LogP contribution in [0.2, 0.25) is 0 Å². The quantitative estimate of drug-likeness (QED) is 0.850. The van der Waals surface area contributed by atoms with Crippen molar-refractivity contribution < 1.29 is 9.90 Å². The van der Waals surface area contributed by atoms with E-state index in [4.69, 9.17) is 0 Å². The molecule has 1 N–H and O–H groups in total. The zero-order chi connectivity index (χ0) is 12.4. The van der Waals surface area contributed by atoms with Gasteiger partial charge in [-0.15, -0.1) is 0 Å². The first-order valence-corrected chi connectivity index (χ1v) is 5.82. The highest BCUT2D eigenvalue weighted by molar-refractivity contribution is 6.01. The molecule has 0 bridgehead atoms. The van der Waals surface area contributed by atoms with E-state index in [2.05, 4.69) is 0 Å². The lowest BCUT2D eigenvalue weighted by molar-refractivity contribution is -0.118. The van der Waals surface area contributed by atoms with Gasteiger partial charge in [-0.2, -0.15) is 0 Å². The van der Waals surface area contributed by atoms with Crippen LogP contribution in [-0.2, 0) is 4.79 Å². The number of rotatable bonds is 2. The maximum absolute atomic E-state index is 11.5. The lowest BCUT2D eigenvalue weighted by Gasteiger charge is -2.18. The second-order valence-corrected chi connectivity index (χ2v) is 4.55. The van der Waals surface area contributed by atoms with Crippen LogP contribution in [0.15, 0.2) is 30.0 Å². The molecule has 1 aromatic carbocycles. The predicted octanol–water partition coefficient (Wildman–Crippen LogP) is 2.77. The van der Waals surface area contributed by atoms with E-state index in [-0.39, 0.29) is 11.5 Å². The summed E-state index contributed by atoms with van der Waals surface area (Å²) in [4.78, 5) is 13.5. The Labute approximate surface area is 101 Å². The van der Waals surface area contributed by atoms with E-state index in [1.165, 1.54) is 0 Å². The maximum Gasteiger partial charge on any atom is 0.197 e. The van der Waals surface area contributed by atoms with Crippen molar-refractivity contribution in [2.75, 3.05) is 19.0 Å². The normalized spacial score (nSPS) is 16.2. The Bertz CT molecular complexity index is 475. The zero-order valence-corrected chi connectivity index (χ0v) is 10.2. The lowest BCUT2D eigenvalue weighted by atomic mass is 9.91. The van der Waals surface area contributed by atoms with Crippen molar-refractivity contribution in [1.29, 1.82) is 0 Å². The van der Waals surface area contributed by atoms with Gasteiger partial charge in [0.15, 0.2) is 11.5 Å². The highest BCUT2D eigenvalue weighted by Gasteiger charge is 2.20. The second kappa shape index (κ2) is 4.62. The number of aliphatic hydroxyl groups excluding tert-OH is 1. The van der Waals surface area contributed by atoms with Gasteiger partial charge in [0, 0.05) is 31.8 Å². The number of hydrogen-bond donors (Lipinski definition) is 1. The summed E-state index contributed by atoms with van der Waals surface area (Å²) in [6.07, 6.45) is 2.06. The van der Waals surface area contributed by atoms with Crippen LogP contribution >= 0.6 is 0 Å². The molecule has 0 saturated heterocycles. The number of anilines is 1. The minimum absolute atomic E-state index is 0.0489. The third kappa shape index (κ3) is 2.33. The number of allylic oxidation sites excluding steroid dienone is 2. The van der Waals surface area contributed by atoms with Crippen LogP contribution in [0.25, 0.3) is 5.57 Å². The fourth-order valence-electron chi connectivity index (χ4n) is 2.08. The van der Waals surface area contributed by atoms with Crippen LogP contribution in [0.1, 0.15) is 24.8 Å². The van der Waals surface area contributed by atoms with Crippen molar-refractivity contribution in [3.63, 3.8) is 0 Å². The molecule has 1 aromatic rings. The minimum atomic E-state index is -0.137. The molecule has 0 heterocycles. The zero-order valence-electron chi connectivity index (χ0n) is 10.2. The largest absolute Gasteiger partial charge is 0.504 e. The Morgan fingerprint density at radius 1 is 1.24 bits per heavy atom. The van der Waals surface area contributed by atoms with E-state index in [9.17, 15) is 9.90 Å². The summed E-state index contributed by atoms with van der Waals surface area (Å²) in [5, 5.41) is 9.84. The number of nitrogens with zero attached hydrogens (tertiary/aromatic N) is 1. The topological polar surface area (TPSA) is 40.5 Å². The van der Waals surface area contributed by atoms with Gasteiger partial charge in [-0.05, 0) is 30.5 Å². The molecule has 0 aromatic heterocycles. The number of hydrogen-bond acceptors (Lipinski definition) is 3. The predicted molar refractivity (Wildman–Crippen MR) is 69.2 cm³/mol. The van der Waals surface area contributed by atoms with E-state index in [0.29, 0.717) is 6.42 Å². The fourth-order valence-corrected chi connectivity index (χ4v) is 2.08. The molecule has 0 radical (unpaired) electrons. The van der Waals surface area contributed by atoms with E-state index < -0.39 is 0 Å². The van der Waals surface area contributed by atoms with Crippen molar-refractivity contribution in [2.45, 2.75) is 19.3 Å². The highest BCUT2D eigenvalue weighted by Crippen LogP contribution is 2.30. The van der Waals surface area contributed by atoms with E-state index in [1.54, 1.807) is 0 Å². The molecule has 3 heteroatoms. The third-order valence-electron chi connectivity index (χ3n) is 3.09. The summed E-state index contributed by atoms with van der Waals surface area (Å²) in [5.74, 6) is -0.186. The standard InChI is InChI=1S/C14H17NO2/c1-15(2)11-6-3-5-10(9-11)12-7-4-8-13(16)14(12)17/h3,5-6,9,17H,4,7-8H2,1-2H3.